The molecule has 0 fully saturated rings. The number of phenolic OH excluding ortho intramolecular Hbond substituents is 9. The van der Waals surface area contributed by atoms with E-state index in [-0.39, 0.29) is 86.8 Å². The van der Waals surface area contributed by atoms with Crippen LogP contribution in [0.25, 0.3) is 11.1 Å². The number of ether oxygens (including phenoxy) is 3. The first kappa shape index (κ1) is 107. The van der Waals surface area contributed by atoms with Crippen LogP contribution in [0.2, 0.25) is 0 Å². The molecule has 0 saturated carbocycles. The van der Waals surface area contributed by atoms with E-state index in [4.69, 9.17) is 14.2 Å². The summed E-state index contributed by atoms with van der Waals surface area (Å²) in [6.07, 6.45) is 48.5. The van der Waals surface area contributed by atoms with Gasteiger partial charge in [-0.05, 0) is 362 Å². The van der Waals surface area contributed by atoms with Crippen LogP contribution < -0.4 is 14.2 Å². The highest BCUT2D eigenvalue weighted by molar-refractivity contribution is 5.82. The third-order valence-electron chi connectivity index (χ3n) is 28.5. The van der Waals surface area contributed by atoms with Crippen molar-refractivity contribution in [3.05, 3.63) is 258 Å². The molecule has 0 bridgehead atoms. The van der Waals surface area contributed by atoms with Crippen LogP contribution in [-0.4, -0.2) is 57.2 Å². The maximum atomic E-state index is 10.7. The van der Waals surface area contributed by atoms with Crippen LogP contribution in [0.5, 0.6) is 69.0 Å². The second-order valence-electron chi connectivity index (χ2n) is 41.6. The number of hydrogen-bond acceptors (Lipinski definition) is 12. The van der Waals surface area contributed by atoms with Gasteiger partial charge in [-0.25, -0.2) is 0 Å². The van der Waals surface area contributed by atoms with Gasteiger partial charge in [0.05, 0.1) is 5.56 Å². The van der Waals surface area contributed by atoms with Gasteiger partial charge in [0.15, 0.2) is 0 Å². The highest BCUT2D eigenvalue weighted by Gasteiger charge is 2.47. The molecule has 0 radical (unpaired) electrons. The summed E-state index contributed by atoms with van der Waals surface area (Å²) in [6, 6.07) is 29.4. The molecule has 9 N–H and O–H groups in total. The number of rotatable bonds is 29. The summed E-state index contributed by atoms with van der Waals surface area (Å²) < 4.78 is 18.9. The number of aromatic hydroxyl groups is 9. The normalized spacial score (nSPS) is 20.0. The molecule has 724 valence electrons. The fourth-order valence-electron chi connectivity index (χ4n) is 21.2. The van der Waals surface area contributed by atoms with E-state index in [1.165, 1.54) is 102 Å². The smallest absolute Gasteiger partial charge is 0.132 e. The first-order chi connectivity index (χ1) is 63.2. The summed E-state index contributed by atoms with van der Waals surface area (Å²) in [6.45, 7) is 53.1. The van der Waals surface area contributed by atoms with Crippen LogP contribution in [-0.2, 0) is 50.5 Å². The molecular formula is C121H168O12. The maximum absolute atomic E-state index is 10.7. The van der Waals surface area contributed by atoms with E-state index in [0.29, 0.717) is 52.2 Å². The lowest BCUT2D eigenvalue weighted by molar-refractivity contribution is 0.0104. The van der Waals surface area contributed by atoms with Crippen LogP contribution >= 0.6 is 0 Å². The number of benzene rings is 7. The monoisotopic (exact) mass is 1810 g/mol. The second-order valence-corrected chi connectivity index (χ2v) is 41.6. The molecule has 3 aliphatic heterocycles. The van der Waals surface area contributed by atoms with E-state index < -0.39 is 0 Å². The molecule has 133 heavy (non-hydrogen) atoms. The molecule has 12 nitrogen and oxygen atoms in total. The minimum absolute atomic E-state index is 0.0194. The average molecular weight is 1810 g/mol. The summed E-state index contributed by atoms with van der Waals surface area (Å²) in [5.41, 5.74) is 23.0. The van der Waals surface area contributed by atoms with Gasteiger partial charge in [0.1, 0.15) is 85.8 Å². The summed E-state index contributed by atoms with van der Waals surface area (Å²) >= 11 is 0. The zero-order valence-electron chi connectivity index (χ0n) is 85.4. The predicted octanol–water partition coefficient (Wildman–Crippen LogP) is 33.0. The predicted molar refractivity (Wildman–Crippen MR) is 556 cm³/mol. The van der Waals surface area contributed by atoms with Gasteiger partial charge < -0.3 is 60.2 Å². The molecule has 8 atom stereocenters. The van der Waals surface area contributed by atoms with Gasteiger partial charge in [0.2, 0.25) is 0 Å². The number of hydrogen-bond donors (Lipinski definition) is 9. The molecule has 7 aromatic rings. The van der Waals surface area contributed by atoms with Gasteiger partial charge in [0, 0.05) is 68.9 Å². The van der Waals surface area contributed by atoms with Crippen LogP contribution in [0.1, 0.15) is 389 Å². The zero-order chi connectivity index (χ0) is 97.3. The van der Waals surface area contributed by atoms with Gasteiger partial charge in [-0.3, -0.25) is 0 Å². The quantitative estimate of drug-likeness (QED) is 0.0158. The van der Waals surface area contributed by atoms with Crippen molar-refractivity contribution >= 4 is 0 Å². The van der Waals surface area contributed by atoms with E-state index in [1.807, 2.05) is 50.3 Å². The minimum Gasteiger partial charge on any atom is -0.508 e. The molecule has 3 heterocycles. The summed E-state index contributed by atoms with van der Waals surface area (Å²) in [7, 11) is 0. The van der Waals surface area contributed by atoms with E-state index in [9.17, 15) is 46.0 Å². The van der Waals surface area contributed by atoms with E-state index in [0.717, 1.165) is 213 Å². The Balaban J connectivity index is 0.000000179. The molecule has 12 heteroatoms. The first-order valence-electron chi connectivity index (χ1n) is 50.9. The highest BCUT2D eigenvalue weighted by Crippen LogP contribution is 2.57. The molecule has 7 aliphatic rings. The van der Waals surface area contributed by atoms with Crippen molar-refractivity contribution in [1.82, 2.24) is 0 Å². The summed E-state index contributed by atoms with van der Waals surface area (Å²) in [5.74, 6) is 7.08. The number of allylic oxidation sites excluding steroid dienone is 14. The van der Waals surface area contributed by atoms with Crippen molar-refractivity contribution in [3.63, 3.8) is 0 Å². The molecule has 7 aromatic carbocycles. The lowest BCUT2D eigenvalue weighted by atomic mass is 9.68. The number of unbranched alkanes of at least 4 members (excludes halogenated alkanes) is 9. The lowest BCUT2D eigenvalue weighted by Crippen LogP contribution is -2.45. The topological polar surface area (TPSA) is 210 Å². The maximum Gasteiger partial charge on any atom is 0.132 e. The van der Waals surface area contributed by atoms with Gasteiger partial charge in [-0.1, -0.05) is 224 Å². The first-order valence-corrected chi connectivity index (χ1v) is 50.9. The molecule has 0 saturated heterocycles. The van der Waals surface area contributed by atoms with Crippen molar-refractivity contribution in [3.8, 4) is 80.1 Å². The Hall–Kier alpha value is -9.94. The molecule has 0 unspecified atom stereocenters. The van der Waals surface area contributed by atoms with Crippen molar-refractivity contribution in [2.45, 2.75) is 385 Å². The second kappa shape index (κ2) is 49.5. The number of fused-ring (bicyclic) bond motifs is 9. The SMILES string of the molecule is C=C(C)[C@@H]1CCC(C)=C[C@H]1c1c(O)cc(CCC)cc1O.C=C(C)[C@@H]1CCC(C)=C[C@H]1c1c(O)cc(CCCCC)cc1O.CCCCCc1cc(O)c(C/C=C/CCC=C(C)C)c(O)c1.CCCCCc1cc(O)c2c(c1)OC(C)(C)[C@@H]1CCC(C)=C[C@@H]21.CCCCCc1cc(O)c2c(c1)OC(C)(C)c1ccc(C)cc1-2.CCCc1cc(O)c2c(c1)OC(C)(C)[C@@H]1CCC(C)=C[C@@H]21. The van der Waals surface area contributed by atoms with Crippen LogP contribution in [0.4, 0.5) is 0 Å². The van der Waals surface area contributed by atoms with Crippen molar-refractivity contribution in [2.75, 3.05) is 0 Å². The van der Waals surface area contributed by atoms with Gasteiger partial charge >= 0.3 is 0 Å². The Labute approximate surface area is 802 Å². The fourth-order valence-corrected chi connectivity index (χ4v) is 21.2. The van der Waals surface area contributed by atoms with Crippen molar-refractivity contribution < 1.29 is 60.2 Å². The Morgan fingerprint density at radius 1 is 0.361 bits per heavy atom. The molecule has 0 spiro atoms. The Morgan fingerprint density at radius 2 is 0.699 bits per heavy atom. The molecule has 14 rings (SSSR count). The standard InChI is InChI=1S/C21H30O2.C21H26O2.C21H30O2.C20H30O2.2C19H26O2/c2*1-5-6-7-8-15-12-18(22)20-16-11-14(2)9-10-17(16)21(3,4)23-19(20)13-15;1-5-6-7-8-16-12-19(22)21(20(23)13-16)18-11-15(4)9-10-17(18)14(2)3;1-4-5-8-12-17-14-19(21)18(20(22)15-17)13-10-7-6-9-11-16(2)3;1-5-6-13-10-16(20)18-14-9-12(2)7-8-15(14)19(3,4)21-17(18)11-13;1-5-6-14-10-17(20)19(18(21)11-14)16-9-13(4)7-8-15(16)12(2)3/h11-13,16-17,22H,5-10H2,1-4H3;9-13,22H,5-8H2,1-4H3;11-13,17-18,22-23H,2,5-10H2,1,3-4H3;7,10-11,14-15,21-22H,4-6,8-9,12-13H2,1-3H3;9-11,14-15,20H,5-8H2,1-4H3;9-11,15-16,20-21H,2,5-8H2,1,3-4H3/b;;;10-7+;;/t16-,17-;;17-,18+;;14-,15-;15-,16+/m1.0.10/s1. The molecule has 0 aromatic heterocycles. The largest absolute Gasteiger partial charge is 0.508 e. The average Bonchev–Trinajstić information content (AvgIpc) is 0.748. The Morgan fingerprint density at radius 3 is 1.08 bits per heavy atom. The van der Waals surface area contributed by atoms with Gasteiger partial charge in [-0.2, -0.15) is 0 Å². The van der Waals surface area contributed by atoms with E-state index in [2.05, 4.69) is 218 Å². The Bertz CT molecular complexity index is 5200. The van der Waals surface area contributed by atoms with Crippen LogP contribution in [0.15, 0.2) is 186 Å². The van der Waals surface area contributed by atoms with Crippen LogP contribution in [0.3, 0.4) is 0 Å². The fraction of sp³-hybridized carbons (Fsp3) is 0.521. The highest BCUT2D eigenvalue weighted by atomic mass is 16.5. The number of aryl methyl sites for hydroxylation is 7. The van der Waals surface area contributed by atoms with E-state index >= 15 is 0 Å². The van der Waals surface area contributed by atoms with E-state index in [1.54, 1.807) is 24.3 Å². The van der Waals surface area contributed by atoms with Gasteiger partial charge in [-0.15, -0.1) is 0 Å². The summed E-state index contributed by atoms with van der Waals surface area (Å²) in [4.78, 5) is 0. The molecule has 0 amide bonds. The lowest BCUT2D eigenvalue weighted by Gasteiger charge is -2.46. The molecular weight excluding hydrogens is 1650 g/mol. The number of phenols is 9. The van der Waals surface area contributed by atoms with Crippen molar-refractivity contribution in [2.24, 2.45) is 23.7 Å². The van der Waals surface area contributed by atoms with Crippen LogP contribution in [0, 0.1) is 30.6 Å². The van der Waals surface area contributed by atoms with Gasteiger partial charge in [0.25, 0.3) is 0 Å². The van der Waals surface area contributed by atoms with Crippen molar-refractivity contribution in [1.29, 1.82) is 0 Å². The Kier molecular flexibility index (Phi) is 39.7. The minimum atomic E-state index is -0.384. The zero-order valence-corrected chi connectivity index (χ0v) is 85.4. The third-order valence-corrected chi connectivity index (χ3v) is 28.5. The third kappa shape index (κ3) is 28.8. The summed E-state index contributed by atoms with van der Waals surface area (Å²) in [5, 5.41) is 94.0. The molecule has 4 aliphatic carbocycles.